The molecule has 1 heterocycles. The minimum Gasteiger partial charge on any atom is -0.480 e. The molecular weight excluding hydrogens is 364 g/mol. The Bertz CT molecular complexity index is 758. The minimum absolute atomic E-state index is 0.0798. The summed E-state index contributed by atoms with van der Waals surface area (Å²) >= 11 is 5.99. The number of rotatable bonds is 3. The number of amides is 2. The molecule has 0 aromatic heterocycles. The van der Waals surface area contributed by atoms with Gasteiger partial charge in [-0.2, -0.15) is 0 Å². The van der Waals surface area contributed by atoms with E-state index in [4.69, 9.17) is 16.3 Å². The molecule has 2 amide bonds. The van der Waals surface area contributed by atoms with Gasteiger partial charge in [0.1, 0.15) is 5.75 Å². The quantitative estimate of drug-likeness (QED) is 0.780. The van der Waals surface area contributed by atoms with Crippen LogP contribution in [0, 0.1) is 23.2 Å². The fraction of sp³-hybridized carbons (Fsp3) is 0.619. The molecule has 5 aliphatic rings. The van der Waals surface area contributed by atoms with Gasteiger partial charge in [0.15, 0.2) is 6.10 Å². The van der Waals surface area contributed by atoms with Crippen molar-refractivity contribution in [3.63, 3.8) is 0 Å². The fourth-order valence-corrected chi connectivity index (χ4v) is 6.66. The number of fused-ring (bicyclic) bond motifs is 1. The topological polar surface area (TPSA) is 67.4 Å². The first kappa shape index (κ1) is 17.4. The lowest BCUT2D eigenvalue weighted by Gasteiger charge is -2.56. The van der Waals surface area contributed by atoms with Crippen LogP contribution in [-0.2, 0) is 16.0 Å². The van der Waals surface area contributed by atoms with Crippen molar-refractivity contribution < 1.29 is 14.3 Å². The first-order valence-corrected chi connectivity index (χ1v) is 10.4. The van der Waals surface area contributed by atoms with Crippen LogP contribution in [-0.4, -0.2) is 17.9 Å². The highest BCUT2D eigenvalue weighted by Crippen LogP contribution is 2.61. The zero-order valence-corrected chi connectivity index (χ0v) is 16.1. The van der Waals surface area contributed by atoms with Gasteiger partial charge in [0, 0.05) is 17.9 Å². The summed E-state index contributed by atoms with van der Waals surface area (Å²) in [5, 5.41) is 0.627. The van der Waals surface area contributed by atoms with Crippen molar-refractivity contribution in [3.8, 4) is 5.75 Å². The molecule has 1 aliphatic heterocycles. The Morgan fingerprint density at radius 1 is 1.07 bits per heavy atom. The third-order valence-corrected chi connectivity index (χ3v) is 7.25. The van der Waals surface area contributed by atoms with Crippen LogP contribution in [0.3, 0.4) is 0 Å². The molecule has 0 radical (unpaired) electrons. The smallest absolute Gasteiger partial charge is 0.279 e. The van der Waals surface area contributed by atoms with Crippen LogP contribution in [0.5, 0.6) is 5.75 Å². The minimum atomic E-state index is -0.627. The highest BCUT2D eigenvalue weighted by atomic mass is 35.5. The van der Waals surface area contributed by atoms with Crippen molar-refractivity contribution in [2.75, 3.05) is 0 Å². The van der Waals surface area contributed by atoms with E-state index in [0.717, 1.165) is 23.3 Å². The third-order valence-electron chi connectivity index (χ3n) is 7.02. The highest BCUT2D eigenvalue weighted by Gasteiger charge is 2.51. The zero-order chi connectivity index (χ0) is 18.6. The number of halogens is 1. The maximum atomic E-state index is 12.5. The van der Waals surface area contributed by atoms with Gasteiger partial charge >= 0.3 is 0 Å². The van der Waals surface area contributed by atoms with Crippen LogP contribution in [0.2, 0.25) is 5.02 Å². The van der Waals surface area contributed by atoms with E-state index in [1.54, 1.807) is 12.1 Å². The Hall–Kier alpha value is -1.75. The second kappa shape index (κ2) is 6.40. The van der Waals surface area contributed by atoms with Gasteiger partial charge in [-0.05, 0) is 85.5 Å². The molecule has 1 unspecified atom stereocenters. The number of hydrazine groups is 1. The Morgan fingerprint density at radius 2 is 1.74 bits per heavy atom. The van der Waals surface area contributed by atoms with E-state index in [0.29, 0.717) is 23.6 Å². The van der Waals surface area contributed by atoms with Crippen LogP contribution in [0.1, 0.15) is 50.5 Å². The average Bonchev–Trinajstić information content (AvgIpc) is 3.01. The first-order valence-electron chi connectivity index (χ1n) is 10.0. The maximum absolute atomic E-state index is 12.5. The summed E-state index contributed by atoms with van der Waals surface area (Å²) in [5.41, 5.74) is 6.27. The summed E-state index contributed by atoms with van der Waals surface area (Å²) in [6.45, 7) is 0. The molecule has 27 heavy (non-hydrogen) atoms. The van der Waals surface area contributed by atoms with E-state index in [2.05, 4.69) is 10.9 Å². The van der Waals surface area contributed by atoms with Crippen molar-refractivity contribution in [1.29, 1.82) is 0 Å². The average molecular weight is 389 g/mol. The van der Waals surface area contributed by atoms with Crippen molar-refractivity contribution in [1.82, 2.24) is 10.9 Å². The lowest BCUT2D eigenvalue weighted by molar-refractivity contribution is -0.136. The van der Waals surface area contributed by atoms with Gasteiger partial charge in [0.05, 0.1) is 0 Å². The van der Waals surface area contributed by atoms with E-state index in [1.165, 1.54) is 38.5 Å². The van der Waals surface area contributed by atoms with Crippen LogP contribution in [0.25, 0.3) is 0 Å². The summed E-state index contributed by atoms with van der Waals surface area (Å²) in [6.07, 6.45) is 8.00. The van der Waals surface area contributed by atoms with Crippen LogP contribution in [0.4, 0.5) is 0 Å². The predicted octanol–water partition coefficient (Wildman–Crippen LogP) is 3.40. The Labute approximate surface area is 164 Å². The van der Waals surface area contributed by atoms with Crippen LogP contribution >= 0.6 is 11.6 Å². The van der Waals surface area contributed by atoms with Crippen molar-refractivity contribution in [2.45, 2.75) is 57.5 Å². The Kier molecular flexibility index (Phi) is 4.12. The summed E-state index contributed by atoms with van der Waals surface area (Å²) in [6, 6.07) is 5.33. The molecule has 2 N–H and O–H groups in total. The Morgan fingerprint density at radius 3 is 2.41 bits per heavy atom. The summed E-state index contributed by atoms with van der Waals surface area (Å²) in [4.78, 5) is 24.9. The van der Waals surface area contributed by atoms with Gasteiger partial charge < -0.3 is 4.74 Å². The number of nitrogens with one attached hydrogen (secondary N) is 2. The molecule has 0 spiro atoms. The second-order valence-electron chi connectivity index (χ2n) is 9.19. The molecule has 144 valence electrons. The number of benzene rings is 1. The molecule has 1 atom stereocenters. The fourth-order valence-electron chi connectivity index (χ4n) is 6.47. The van der Waals surface area contributed by atoms with Gasteiger partial charge in [-0.25, -0.2) is 0 Å². The summed E-state index contributed by atoms with van der Waals surface area (Å²) < 4.78 is 5.67. The second-order valence-corrected chi connectivity index (χ2v) is 9.63. The van der Waals surface area contributed by atoms with Crippen molar-refractivity contribution in [2.24, 2.45) is 23.2 Å². The normalized spacial score (nSPS) is 35.4. The van der Waals surface area contributed by atoms with Crippen LogP contribution < -0.4 is 15.6 Å². The van der Waals surface area contributed by atoms with E-state index >= 15 is 0 Å². The molecule has 1 aromatic rings. The van der Waals surface area contributed by atoms with E-state index < -0.39 is 6.10 Å². The molecule has 4 aliphatic carbocycles. The van der Waals surface area contributed by atoms with Gasteiger partial charge in [-0.15, -0.1) is 0 Å². The highest BCUT2D eigenvalue weighted by molar-refractivity contribution is 6.30. The molecule has 1 aromatic carbocycles. The van der Waals surface area contributed by atoms with Crippen molar-refractivity contribution in [3.05, 3.63) is 28.8 Å². The summed E-state index contributed by atoms with van der Waals surface area (Å²) in [7, 11) is 0. The number of hydrogen-bond donors (Lipinski definition) is 2. The third kappa shape index (κ3) is 3.31. The van der Waals surface area contributed by atoms with Gasteiger partial charge in [0.2, 0.25) is 5.91 Å². The SMILES string of the molecule is O=C(CC12CC3CC(CC(C3)C1)C2)NNC(=O)C1Cc2cc(Cl)ccc2O1. The van der Waals surface area contributed by atoms with Gasteiger partial charge in [0.25, 0.3) is 5.91 Å². The molecular formula is C21H25ClN2O3. The number of hydrogen-bond acceptors (Lipinski definition) is 3. The van der Waals surface area contributed by atoms with E-state index in [1.807, 2.05) is 6.07 Å². The van der Waals surface area contributed by atoms with E-state index in [-0.39, 0.29) is 17.2 Å². The number of carbonyl (C=O) groups is 2. The lowest BCUT2D eigenvalue weighted by Crippen LogP contribution is -2.51. The Balaban J connectivity index is 1.14. The molecule has 0 saturated heterocycles. The van der Waals surface area contributed by atoms with E-state index in [9.17, 15) is 9.59 Å². The van der Waals surface area contributed by atoms with Gasteiger partial charge in [-0.3, -0.25) is 20.4 Å². The molecule has 6 rings (SSSR count). The predicted molar refractivity (Wildman–Crippen MR) is 101 cm³/mol. The standard InChI is InChI=1S/C21H25ClN2O3/c22-16-1-2-17-15(6-16)7-18(27-17)20(26)24-23-19(25)11-21-8-12-3-13(9-21)5-14(4-12)10-21/h1-2,6,12-14,18H,3-5,7-11H2,(H,23,25)(H,24,26). The number of ether oxygens (including phenoxy) is 1. The lowest BCUT2D eigenvalue weighted by atomic mass is 9.49. The largest absolute Gasteiger partial charge is 0.480 e. The molecule has 4 fully saturated rings. The number of carbonyl (C=O) groups excluding carboxylic acids is 2. The molecule has 5 nitrogen and oxygen atoms in total. The first-order chi connectivity index (χ1) is 13.0. The monoisotopic (exact) mass is 388 g/mol. The van der Waals surface area contributed by atoms with Crippen LogP contribution in [0.15, 0.2) is 18.2 Å². The molecule has 4 bridgehead atoms. The maximum Gasteiger partial charge on any atom is 0.279 e. The summed E-state index contributed by atoms with van der Waals surface area (Å²) in [5.74, 6) is 2.73. The molecule has 6 heteroatoms. The van der Waals surface area contributed by atoms with Gasteiger partial charge in [-0.1, -0.05) is 11.6 Å². The van der Waals surface area contributed by atoms with Crippen molar-refractivity contribution >= 4 is 23.4 Å². The zero-order valence-electron chi connectivity index (χ0n) is 15.3. The molecule has 4 saturated carbocycles.